The average Bonchev–Trinajstić information content (AvgIpc) is 3.12. The monoisotopic (exact) mass is 654 g/mol. The maximum absolute atomic E-state index is 14.6. The molecule has 0 saturated carbocycles. The number of benzene rings is 4. The van der Waals surface area contributed by atoms with E-state index < -0.39 is 22.1 Å². The van der Waals surface area contributed by atoms with Gasteiger partial charge in [0.05, 0.1) is 25.2 Å². The number of hydrogen-bond acceptors (Lipinski definition) is 7. The SMILES string of the molecule is COc1ccc(S(=O)(=O)N2CCC(=O)N(c3ccccc3)C2C(=O)N2CCN(C(c3ccccc3)c3ccccc3)CC2)cc1OC. The van der Waals surface area contributed by atoms with Gasteiger partial charge in [-0.05, 0) is 35.4 Å². The van der Waals surface area contributed by atoms with Crippen LogP contribution in [0.3, 0.4) is 0 Å². The highest BCUT2D eigenvalue weighted by molar-refractivity contribution is 7.89. The standard InChI is InChI=1S/C36H38N4O6S/c1-45-31-19-18-30(26-32(31)46-2)47(43,44)39-21-20-33(41)40(29-16-10-5-11-17-29)35(39)36(42)38-24-22-37(23-25-38)34(27-12-6-3-7-13-27)28-14-8-4-9-15-28/h3-19,26,34-35H,20-25H2,1-2H3. The van der Waals surface area contributed by atoms with Crippen molar-refractivity contribution in [3.8, 4) is 11.5 Å². The minimum absolute atomic E-state index is 0.00587. The van der Waals surface area contributed by atoms with E-state index in [-0.39, 0.29) is 35.6 Å². The van der Waals surface area contributed by atoms with Gasteiger partial charge in [-0.15, -0.1) is 0 Å². The second-order valence-electron chi connectivity index (χ2n) is 11.4. The minimum atomic E-state index is -4.27. The summed E-state index contributed by atoms with van der Waals surface area (Å²) in [7, 11) is -1.37. The molecule has 0 spiro atoms. The Morgan fingerprint density at radius 3 is 1.83 bits per heavy atom. The molecule has 0 bridgehead atoms. The minimum Gasteiger partial charge on any atom is -0.493 e. The quantitative estimate of drug-likeness (QED) is 0.264. The molecule has 2 amide bonds. The molecular weight excluding hydrogens is 616 g/mol. The first-order valence-corrected chi connectivity index (χ1v) is 17.0. The van der Waals surface area contributed by atoms with Gasteiger partial charge in [0, 0.05) is 50.9 Å². The van der Waals surface area contributed by atoms with Gasteiger partial charge >= 0.3 is 0 Å². The molecule has 1 atom stereocenters. The van der Waals surface area contributed by atoms with E-state index in [4.69, 9.17) is 9.47 Å². The number of carbonyl (C=O) groups excluding carboxylic acids is 2. The summed E-state index contributed by atoms with van der Waals surface area (Å²) in [6.07, 6.45) is -1.48. The van der Waals surface area contributed by atoms with Crippen LogP contribution in [-0.4, -0.2) is 87.4 Å². The summed E-state index contributed by atoms with van der Waals surface area (Å²) >= 11 is 0. The predicted octanol–water partition coefficient (Wildman–Crippen LogP) is 4.39. The molecule has 0 N–H and O–H groups in total. The summed E-state index contributed by atoms with van der Waals surface area (Å²) in [5.74, 6) is -0.144. The van der Waals surface area contributed by atoms with Crippen molar-refractivity contribution < 1.29 is 27.5 Å². The zero-order chi connectivity index (χ0) is 33.0. The topological polar surface area (TPSA) is 99.7 Å². The van der Waals surface area contributed by atoms with Crippen molar-refractivity contribution >= 4 is 27.5 Å². The van der Waals surface area contributed by atoms with Gasteiger partial charge in [-0.1, -0.05) is 78.9 Å². The fourth-order valence-corrected chi connectivity index (χ4v) is 7.98. The van der Waals surface area contributed by atoms with Crippen LogP contribution in [0.2, 0.25) is 0 Å². The molecule has 244 valence electrons. The van der Waals surface area contributed by atoms with E-state index in [1.807, 2.05) is 42.5 Å². The van der Waals surface area contributed by atoms with Crippen LogP contribution in [0.25, 0.3) is 0 Å². The lowest BCUT2D eigenvalue weighted by molar-refractivity contribution is -0.141. The van der Waals surface area contributed by atoms with Crippen LogP contribution >= 0.6 is 0 Å². The number of nitrogens with zero attached hydrogens (tertiary/aromatic N) is 4. The van der Waals surface area contributed by atoms with E-state index in [1.165, 1.54) is 37.3 Å². The molecular formula is C36H38N4O6S. The van der Waals surface area contributed by atoms with Gasteiger partial charge in [0.25, 0.3) is 5.91 Å². The van der Waals surface area contributed by atoms with Crippen molar-refractivity contribution in [3.63, 3.8) is 0 Å². The first-order valence-electron chi connectivity index (χ1n) is 15.6. The van der Waals surface area contributed by atoms with E-state index in [0.29, 0.717) is 37.6 Å². The molecule has 2 aliphatic rings. The highest BCUT2D eigenvalue weighted by atomic mass is 32.2. The Morgan fingerprint density at radius 2 is 1.28 bits per heavy atom. The third-order valence-corrected chi connectivity index (χ3v) is 10.6. The number of hydrogen-bond donors (Lipinski definition) is 0. The molecule has 2 saturated heterocycles. The van der Waals surface area contributed by atoms with Gasteiger partial charge in [-0.25, -0.2) is 8.42 Å². The summed E-state index contributed by atoms with van der Waals surface area (Å²) in [5.41, 5.74) is 2.76. The van der Waals surface area contributed by atoms with Crippen molar-refractivity contribution in [1.29, 1.82) is 0 Å². The smallest absolute Gasteiger partial charge is 0.262 e. The molecule has 2 aliphatic heterocycles. The molecule has 0 aliphatic carbocycles. The number of carbonyl (C=O) groups is 2. The summed E-state index contributed by atoms with van der Waals surface area (Å²) in [4.78, 5) is 33.4. The molecule has 0 aromatic heterocycles. The van der Waals surface area contributed by atoms with E-state index >= 15 is 0 Å². The fraction of sp³-hybridized carbons (Fsp3) is 0.278. The Morgan fingerprint density at radius 1 is 0.723 bits per heavy atom. The van der Waals surface area contributed by atoms with Crippen LogP contribution in [-0.2, 0) is 19.6 Å². The largest absolute Gasteiger partial charge is 0.493 e. The second kappa shape index (κ2) is 14.0. The maximum atomic E-state index is 14.6. The number of methoxy groups -OCH3 is 2. The molecule has 4 aromatic carbocycles. The summed E-state index contributed by atoms with van der Waals surface area (Å²) in [6, 6.07) is 33.6. The van der Waals surface area contributed by atoms with E-state index in [1.54, 1.807) is 29.2 Å². The third-order valence-electron chi connectivity index (χ3n) is 8.77. The second-order valence-corrected chi connectivity index (χ2v) is 13.3. The third kappa shape index (κ3) is 6.47. The Hall–Kier alpha value is -4.71. The number of para-hydroxylation sites is 1. The lowest BCUT2D eigenvalue weighted by atomic mass is 9.96. The van der Waals surface area contributed by atoms with Gasteiger partial charge in [0.2, 0.25) is 15.9 Å². The van der Waals surface area contributed by atoms with Gasteiger partial charge in [0.1, 0.15) is 0 Å². The molecule has 47 heavy (non-hydrogen) atoms. The Bertz CT molecular complexity index is 1760. The lowest BCUT2D eigenvalue weighted by Gasteiger charge is -2.45. The molecule has 0 radical (unpaired) electrons. The molecule has 1 unspecified atom stereocenters. The van der Waals surface area contributed by atoms with Crippen molar-refractivity contribution in [2.24, 2.45) is 0 Å². The molecule has 4 aromatic rings. The predicted molar refractivity (Wildman–Crippen MR) is 179 cm³/mol. The van der Waals surface area contributed by atoms with Crippen LogP contribution in [0.4, 0.5) is 5.69 Å². The van der Waals surface area contributed by atoms with Crippen LogP contribution in [0, 0.1) is 0 Å². The van der Waals surface area contributed by atoms with Gasteiger partial charge in [-0.2, -0.15) is 4.31 Å². The van der Waals surface area contributed by atoms with Crippen LogP contribution < -0.4 is 14.4 Å². The summed E-state index contributed by atoms with van der Waals surface area (Å²) < 4.78 is 40.4. The number of anilines is 1. The molecule has 11 heteroatoms. The molecule has 2 fully saturated rings. The van der Waals surface area contributed by atoms with Crippen molar-refractivity contribution in [1.82, 2.24) is 14.1 Å². The average molecular weight is 655 g/mol. The van der Waals surface area contributed by atoms with Crippen LogP contribution in [0.15, 0.2) is 114 Å². The van der Waals surface area contributed by atoms with Crippen LogP contribution in [0.1, 0.15) is 23.6 Å². The Labute approximate surface area is 275 Å². The number of sulfonamides is 1. The van der Waals surface area contributed by atoms with Gasteiger partial charge in [-0.3, -0.25) is 19.4 Å². The highest BCUT2D eigenvalue weighted by Gasteiger charge is 2.48. The van der Waals surface area contributed by atoms with Crippen molar-refractivity contribution in [2.45, 2.75) is 23.5 Å². The maximum Gasteiger partial charge on any atom is 0.262 e. The van der Waals surface area contributed by atoms with Gasteiger partial charge < -0.3 is 14.4 Å². The van der Waals surface area contributed by atoms with Gasteiger partial charge in [0.15, 0.2) is 17.7 Å². The number of ether oxygens (including phenoxy) is 2. The van der Waals surface area contributed by atoms with E-state index in [2.05, 4.69) is 29.2 Å². The zero-order valence-electron chi connectivity index (χ0n) is 26.4. The van der Waals surface area contributed by atoms with Crippen molar-refractivity contribution in [3.05, 3.63) is 120 Å². The molecule has 2 heterocycles. The zero-order valence-corrected chi connectivity index (χ0v) is 27.3. The number of piperazine rings is 1. The Kier molecular flexibility index (Phi) is 9.58. The summed E-state index contributed by atoms with van der Waals surface area (Å²) in [5, 5.41) is 0. The first-order chi connectivity index (χ1) is 22.8. The molecule has 10 nitrogen and oxygen atoms in total. The summed E-state index contributed by atoms with van der Waals surface area (Å²) in [6.45, 7) is 1.72. The van der Waals surface area contributed by atoms with E-state index in [9.17, 15) is 18.0 Å². The number of rotatable bonds is 9. The lowest BCUT2D eigenvalue weighted by Crippen LogP contribution is -2.66. The number of amides is 2. The normalized spacial score (nSPS) is 17.9. The van der Waals surface area contributed by atoms with E-state index in [0.717, 1.165) is 15.4 Å². The fourth-order valence-electron chi connectivity index (χ4n) is 6.43. The Balaban J connectivity index is 1.32. The first kappa shape index (κ1) is 32.2. The highest BCUT2D eigenvalue weighted by Crippen LogP contribution is 2.35. The van der Waals surface area contributed by atoms with Crippen molar-refractivity contribution in [2.75, 3.05) is 51.8 Å². The van der Waals surface area contributed by atoms with Crippen LogP contribution in [0.5, 0.6) is 11.5 Å². The molecule has 6 rings (SSSR count).